The van der Waals surface area contributed by atoms with Gasteiger partial charge in [0.15, 0.2) is 0 Å². The summed E-state index contributed by atoms with van der Waals surface area (Å²) in [7, 11) is 1.85. The maximum Gasteiger partial charge on any atom is 0.268 e. The SMILES string of the molecule is Cn1cc([C@H](Nc2cncc(C(N)=O)n2)C2CC(O)C2)cn1. The van der Waals surface area contributed by atoms with Crippen molar-refractivity contribution in [1.29, 1.82) is 0 Å². The summed E-state index contributed by atoms with van der Waals surface area (Å²) in [5.41, 5.74) is 6.35. The molecule has 2 aromatic rings. The summed E-state index contributed by atoms with van der Waals surface area (Å²) >= 11 is 0. The number of rotatable bonds is 5. The van der Waals surface area contributed by atoms with Crippen LogP contribution in [0.25, 0.3) is 0 Å². The van der Waals surface area contributed by atoms with Gasteiger partial charge in [-0.2, -0.15) is 5.10 Å². The van der Waals surface area contributed by atoms with Crippen LogP contribution in [0.1, 0.15) is 34.9 Å². The average molecular weight is 302 g/mol. The molecule has 116 valence electrons. The van der Waals surface area contributed by atoms with Gasteiger partial charge in [0.2, 0.25) is 0 Å². The van der Waals surface area contributed by atoms with Gasteiger partial charge in [0.25, 0.3) is 5.91 Å². The van der Waals surface area contributed by atoms with Crippen LogP contribution in [-0.2, 0) is 7.05 Å². The summed E-state index contributed by atoms with van der Waals surface area (Å²) in [6.45, 7) is 0. The van der Waals surface area contributed by atoms with E-state index in [4.69, 9.17) is 5.73 Å². The number of hydrogen-bond donors (Lipinski definition) is 3. The first-order chi connectivity index (χ1) is 10.5. The van der Waals surface area contributed by atoms with Crippen LogP contribution in [0.4, 0.5) is 5.82 Å². The Morgan fingerprint density at radius 3 is 2.82 bits per heavy atom. The Bertz CT molecular complexity index is 679. The minimum atomic E-state index is -0.617. The molecular weight excluding hydrogens is 284 g/mol. The molecule has 1 aliphatic rings. The average Bonchev–Trinajstić information content (AvgIpc) is 2.88. The Labute approximate surface area is 127 Å². The lowest BCUT2D eigenvalue weighted by molar-refractivity contribution is 0.0339. The van der Waals surface area contributed by atoms with Gasteiger partial charge in [-0.15, -0.1) is 0 Å². The van der Waals surface area contributed by atoms with Gasteiger partial charge in [-0.3, -0.25) is 14.5 Å². The summed E-state index contributed by atoms with van der Waals surface area (Å²) in [6.07, 6.45) is 7.77. The zero-order valence-electron chi connectivity index (χ0n) is 12.2. The summed E-state index contributed by atoms with van der Waals surface area (Å²) in [6, 6.07) is -0.0467. The molecule has 2 heterocycles. The molecular formula is C14H18N6O2. The third-order valence-corrected chi connectivity index (χ3v) is 3.90. The van der Waals surface area contributed by atoms with Gasteiger partial charge in [-0.1, -0.05) is 0 Å². The number of nitrogens with zero attached hydrogens (tertiary/aromatic N) is 4. The zero-order valence-corrected chi connectivity index (χ0v) is 12.2. The third kappa shape index (κ3) is 2.91. The molecule has 0 radical (unpaired) electrons. The van der Waals surface area contributed by atoms with Crippen molar-refractivity contribution in [3.8, 4) is 0 Å². The van der Waals surface area contributed by atoms with Crippen LogP contribution in [0.5, 0.6) is 0 Å². The monoisotopic (exact) mass is 302 g/mol. The number of anilines is 1. The molecule has 2 aromatic heterocycles. The molecule has 0 unspecified atom stereocenters. The van der Waals surface area contributed by atoms with Crippen molar-refractivity contribution in [2.24, 2.45) is 18.7 Å². The van der Waals surface area contributed by atoms with Crippen LogP contribution in [0.15, 0.2) is 24.8 Å². The first-order valence-electron chi connectivity index (χ1n) is 7.08. The van der Waals surface area contributed by atoms with Crippen LogP contribution in [0.2, 0.25) is 0 Å². The lowest BCUT2D eigenvalue weighted by Crippen LogP contribution is -2.36. The normalized spacial score (nSPS) is 21.9. The maximum atomic E-state index is 11.2. The highest BCUT2D eigenvalue weighted by atomic mass is 16.3. The molecule has 8 heteroatoms. The number of aliphatic hydroxyl groups excluding tert-OH is 1. The molecule has 1 amide bonds. The predicted octanol–water partition coefficient (Wildman–Crippen LogP) is 0.233. The summed E-state index contributed by atoms with van der Waals surface area (Å²) in [5, 5.41) is 17.0. The van der Waals surface area contributed by atoms with Gasteiger partial charge >= 0.3 is 0 Å². The second-order valence-electron chi connectivity index (χ2n) is 5.61. The molecule has 1 atom stereocenters. The Balaban J connectivity index is 1.83. The van der Waals surface area contributed by atoms with Crippen molar-refractivity contribution in [3.05, 3.63) is 36.0 Å². The Morgan fingerprint density at radius 2 is 2.23 bits per heavy atom. The molecule has 0 aromatic carbocycles. The van der Waals surface area contributed by atoms with Crippen LogP contribution >= 0.6 is 0 Å². The number of hydrogen-bond acceptors (Lipinski definition) is 6. The molecule has 0 spiro atoms. The number of nitrogens with one attached hydrogen (secondary N) is 1. The van der Waals surface area contributed by atoms with Gasteiger partial charge in [-0.25, -0.2) is 4.98 Å². The molecule has 0 aliphatic heterocycles. The highest BCUT2D eigenvalue weighted by molar-refractivity contribution is 5.90. The fourth-order valence-electron chi connectivity index (χ4n) is 2.69. The number of primary amides is 1. The van der Waals surface area contributed by atoms with Gasteiger partial charge in [-0.05, 0) is 18.8 Å². The summed E-state index contributed by atoms with van der Waals surface area (Å²) in [4.78, 5) is 19.3. The van der Waals surface area contributed by atoms with E-state index in [1.165, 1.54) is 6.20 Å². The Morgan fingerprint density at radius 1 is 1.45 bits per heavy atom. The number of amides is 1. The highest BCUT2D eigenvalue weighted by Crippen LogP contribution is 2.39. The zero-order chi connectivity index (χ0) is 15.7. The predicted molar refractivity (Wildman–Crippen MR) is 78.9 cm³/mol. The van der Waals surface area contributed by atoms with E-state index in [9.17, 15) is 9.90 Å². The number of carbonyl (C=O) groups excluding carboxylic acids is 1. The van der Waals surface area contributed by atoms with Gasteiger partial charge in [0, 0.05) is 18.8 Å². The van der Waals surface area contributed by atoms with Crippen molar-refractivity contribution in [1.82, 2.24) is 19.7 Å². The van der Waals surface area contributed by atoms with Crippen molar-refractivity contribution >= 4 is 11.7 Å². The van der Waals surface area contributed by atoms with Crippen LogP contribution in [-0.4, -0.2) is 36.9 Å². The fraction of sp³-hybridized carbons (Fsp3) is 0.429. The molecule has 0 bridgehead atoms. The van der Waals surface area contributed by atoms with E-state index >= 15 is 0 Å². The smallest absolute Gasteiger partial charge is 0.268 e. The second-order valence-corrected chi connectivity index (χ2v) is 5.61. The van der Waals surface area contributed by atoms with Crippen molar-refractivity contribution in [2.75, 3.05) is 5.32 Å². The minimum absolute atomic E-state index is 0.0467. The van der Waals surface area contributed by atoms with Gasteiger partial charge in [0.1, 0.15) is 11.5 Å². The third-order valence-electron chi connectivity index (χ3n) is 3.90. The molecule has 22 heavy (non-hydrogen) atoms. The van der Waals surface area contributed by atoms with Crippen LogP contribution < -0.4 is 11.1 Å². The standard InChI is InChI=1S/C14H18N6O2/c1-20-7-9(4-17-20)13(8-2-10(21)3-8)19-12-6-16-5-11(18-12)14(15)22/h4-8,10,13,21H,2-3H2,1H3,(H2,15,22)(H,18,19)/t8?,10?,13-/m1/s1. The van der Waals surface area contributed by atoms with E-state index in [1.807, 2.05) is 13.2 Å². The first kappa shape index (κ1) is 14.5. The number of aliphatic hydroxyl groups is 1. The van der Waals surface area contributed by atoms with E-state index in [0.717, 1.165) is 18.4 Å². The molecule has 1 aliphatic carbocycles. The van der Waals surface area contributed by atoms with Crippen molar-refractivity contribution in [3.63, 3.8) is 0 Å². The molecule has 8 nitrogen and oxygen atoms in total. The number of aryl methyl sites for hydroxylation is 1. The van der Waals surface area contributed by atoms with E-state index in [2.05, 4.69) is 20.4 Å². The molecule has 1 fully saturated rings. The number of aromatic nitrogens is 4. The van der Waals surface area contributed by atoms with Crippen molar-refractivity contribution < 1.29 is 9.90 Å². The number of carbonyl (C=O) groups is 1. The van der Waals surface area contributed by atoms with E-state index < -0.39 is 5.91 Å². The fourth-order valence-corrected chi connectivity index (χ4v) is 2.69. The van der Waals surface area contributed by atoms with E-state index in [0.29, 0.717) is 5.82 Å². The molecule has 4 N–H and O–H groups in total. The van der Waals surface area contributed by atoms with Gasteiger partial charge < -0.3 is 16.2 Å². The van der Waals surface area contributed by atoms with Crippen molar-refractivity contribution in [2.45, 2.75) is 25.0 Å². The number of nitrogens with two attached hydrogens (primary N) is 1. The Kier molecular flexibility index (Phi) is 3.76. The van der Waals surface area contributed by atoms with E-state index in [-0.39, 0.29) is 23.8 Å². The minimum Gasteiger partial charge on any atom is -0.393 e. The lowest BCUT2D eigenvalue weighted by atomic mass is 9.75. The lowest BCUT2D eigenvalue weighted by Gasteiger charge is -2.37. The molecule has 0 saturated heterocycles. The maximum absolute atomic E-state index is 11.2. The summed E-state index contributed by atoms with van der Waals surface area (Å²) in [5.74, 6) is 0.137. The largest absolute Gasteiger partial charge is 0.393 e. The summed E-state index contributed by atoms with van der Waals surface area (Å²) < 4.78 is 1.73. The molecule has 3 rings (SSSR count). The highest BCUT2D eigenvalue weighted by Gasteiger charge is 2.35. The first-order valence-corrected chi connectivity index (χ1v) is 7.08. The topological polar surface area (TPSA) is 119 Å². The van der Waals surface area contributed by atoms with E-state index in [1.54, 1.807) is 17.1 Å². The van der Waals surface area contributed by atoms with Crippen LogP contribution in [0.3, 0.4) is 0 Å². The Hall–Kier alpha value is -2.48. The molecule has 1 saturated carbocycles. The quantitative estimate of drug-likeness (QED) is 0.727. The van der Waals surface area contributed by atoms with Gasteiger partial charge in [0.05, 0.1) is 30.7 Å². The van der Waals surface area contributed by atoms with Crippen LogP contribution in [0, 0.1) is 5.92 Å². The second kappa shape index (κ2) is 5.72.